The summed E-state index contributed by atoms with van der Waals surface area (Å²) in [5, 5.41) is 0. The molecule has 0 saturated heterocycles. The fourth-order valence-electron chi connectivity index (χ4n) is 4.22. The van der Waals surface area contributed by atoms with Gasteiger partial charge < -0.3 is 14.1 Å². The van der Waals surface area contributed by atoms with Gasteiger partial charge in [0, 0.05) is 18.6 Å². The Kier molecular flexibility index (Phi) is 6.13. The van der Waals surface area contributed by atoms with E-state index in [4.69, 9.17) is 14.1 Å². The third-order valence-electron chi connectivity index (χ3n) is 5.93. The molecule has 0 aliphatic heterocycles. The molecule has 0 fully saturated rings. The van der Waals surface area contributed by atoms with Crippen LogP contribution in [0.15, 0.2) is 92.5 Å². The number of halogens is 1. The summed E-state index contributed by atoms with van der Waals surface area (Å²) in [7, 11) is 5.05. The van der Waals surface area contributed by atoms with Crippen LogP contribution in [-0.2, 0) is 7.05 Å². The van der Waals surface area contributed by atoms with E-state index in [9.17, 15) is 4.79 Å². The number of hydrogen-bond donors (Lipinski definition) is 0. The smallest absolute Gasteiger partial charge is 0.297 e. The predicted octanol–water partition coefficient (Wildman–Crippen LogP) is 5.59. The molecule has 0 aliphatic carbocycles. The van der Waals surface area contributed by atoms with Crippen LogP contribution < -0.4 is 15.2 Å². The SMILES string of the molecule is COc1c(-c2nc3ccccc3o2)nc(N(C)C(c2ccccc2)c2ccc(Br)cc2)n(C)c1=O. The van der Waals surface area contributed by atoms with Gasteiger partial charge in [0.15, 0.2) is 11.3 Å². The Morgan fingerprint density at radius 1 is 0.943 bits per heavy atom. The van der Waals surface area contributed by atoms with E-state index >= 15 is 0 Å². The third kappa shape index (κ3) is 4.21. The number of benzene rings is 3. The number of nitrogens with zero attached hydrogens (tertiary/aromatic N) is 4. The van der Waals surface area contributed by atoms with Crippen LogP contribution in [0.3, 0.4) is 0 Å². The average Bonchev–Trinajstić information content (AvgIpc) is 3.31. The second kappa shape index (κ2) is 9.38. The van der Waals surface area contributed by atoms with Crippen molar-refractivity contribution in [3.8, 4) is 17.3 Å². The van der Waals surface area contributed by atoms with E-state index in [1.54, 1.807) is 7.05 Å². The first kappa shape index (κ1) is 22.9. The Labute approximate surface area is 210 Å². The van der Waals surface area contributed by atoms with Crippen LogP contribution in [0.4, 0.5) is 5.95 Å². The lowest BCUT2D eigenvalue weighted by atomic mass is 9.97. The zero-order valence-corrected chi connectivity index (χ0v) is 21.1. The quantitative estimate of drug-likeness (QED) is 0.285. The molecule has 3 aromatic carbocycles. The van der Waals surface area contributed by atoms with Crippen molar-refractivity contribution in [1.29, 1.82) is 0 Å². The number of para-hydroxylation sites is 2. The fourth-order valence-corrected chi connectivity index (χ4v) is 4.49. The molecular formula is C27H23BrN4O3. The summed E-state index contributed by atoms with van der Waals surface area (Å²) in [6.45, 7) is 0. The number of ether oxygens (including phenoxy) is 1. The van der Waals surface area contributed by atoms with Crippen molar-refractivity contribution in [3.63, 3.8) is 0 Å². The lowest BCUT2D eigenvalue weighted by Crippen LogP contribution is -2.33. The van der Waals surface area contributed by atoms with Gasteiger partial charge in [0.2, 0.25) is 11.7 Å². The highest BCUT2D eigenvalue weighted by Crippen LogP contribution is 2.34. The van der Waals surface area contributed by atoms with E-state index in [1.165, 1.54) is 11.7 Å². The van der Waals surface area contributed by atoms with Gasteiger partial charge in [-0.25, -0.2) is 9.97 Å². The minimum Gasteiger partial charge on any atom is -0.489 e. The molecule has 1 atom stereocenters. The van der Waals surface area contributed by atoms with Crippen LogP contribution in [0.5, 0.6) is 5.75 Å². The molecule has 0 spiro atoms. The van der Waals surface area contributed by atoms with Crippen LogP contribution in [0.25, 0.3) is 22.7 Å². The van der Waals surface area contributed by atoms with Crippen molar-refractivity contribution in [2.75, 3.05) is 19.1 Å². The van der Waals surface area contributed by atoms with E-state index < -0.39 is 0 Å². The molecule has 2 heterocycles. The molecule has 5 rings (SSSR count). The van der Waals surface area contributed by atoms with E-state index in [1.807, 2.05) is 66.5 Å². The number of oxazole rings is 1. The van der Waals surface area contributed by atoms with E-state index in [0.717, 1.165) is 15.6 Å². The molecular weight excluding hydrogens is 508 g/mol. The standard InChI is InChI=1S/C27H23BrN4O3/c1-31(23(17-9-5-4-6-10-17)18-13-15-19(28)16-14-18)27-30-22(24(34-3)26(33)32(27)2)25-29-20-11-7-8-12-21(20)35-25/h4-16,23H,1-3H3. The molecule has 8 heteroatoms. The fraction of sp³-hybridized carbons (Fsp3) is 0.148. The Hall–Kier alpha value is -3.91. The van der Waals surface area contributed by atoms with E-state index in [2.05, 4.69) is 45.2 Å². The van der Waals surface area contributed by atoms with Gasteiger partial charge in [0.25, 0.3) is 11.4 Å². The minimum atomic E-state index is -0.329. The maximum absolute atomic E-state index is 13.4. The van der Waals surface area contributed by atoms with Crippen LogP contribution in [0, 0.1) is 0 Å². The largest absolute Gasteiger partial charge is 0.489 e. The van der Waals surface area contributed by atoms with Crippen molar-refractivity contribution in [2.24, 2.45) is 7.05 Å². The van der Waals surface area contributed by atoms with Gasteiger partial charge in [-0.15, -0.1) is 0 Å². The maximum atomic E-state index is 13.4. The van der Waals surface area contributed by atoms with Crippen LogP contribution >= 0.6 is 15.9 Å². The Morgan fingerprint density at radius 3 is 2.29 bits per heavy atom. The number of anilines is 1. The summed E-state index contributed by atoms with van der Waals surface area (Å²) >= 11 is 3.52. The number of hydrogen-bond acceptors (Lipinski definition) is 6. The number of aromatic nitrogens is 3. The molecule has 0 bridgehead atoms. The predicted molar refractivity (Wildman–Crippen MR) is 140 cm³/mol. The van der Waals surface area contributed by atoms with Gasteiger partial charge >= 0.3 is 0 Å². The molecule has 7 nitrogen and oxygen atoms in total. The minimum absolute atomic E-state index is 0.0797. The zero-order valence-electron chi connectivity index (χ0n) is 19.5. The monoisotopic (exact) mass is 530 g/mol. The summed E-state index contributed by atoms with van der Waals surface area (Å²) in [5.41, 5.74) is 3.33. The van der Waals surface area contributed by atoms with Crippen molar-refractivity contribution < 1.29 is 9.15 Å². The van der Waals surface area contributed by atoms with Gasteiger partial charge in [-0.1, -0.05) is 70.5 Å². The average molecular weight is 531 g/mol. The molecule has 5 aromatic rings. The highest BCUT2D eigenvalue weighted by Gasteiger charge is 2.27. The Bertz CT molecular complexity index is 1510. The lowest BCUT2D eigenvalue weighted by Gasteiger charge is -2.31. The van der Waals surface area contributed by atoms with Crippen molar-refractivity contribution in [3.05, 3.63) is 105 Å². The normalized spacial score (nSPS) is 12.0. The topological polar surface area (TPSA) is 73.4 Å². The first-order valence-corrected chi connectivity index (χ1v) is 11.8. The molecule has 2 aromatic heterocycles. The maximum Gasteiger partial charge on any atom is 0.297 e. The number of rotatable bonds is 6. The van der Waals surface area contributed by atoms with Crippen molar-refractivity contribution >= 4 is 33.0 Å². The number of fused-ring (bicyclic) bond motifs is 1. The Balaban J connectivity index is 1.70. The van der Waals surface area contributed by atoms with Gasteiger partial charge in [-0.2, -0.15) is 0 Å². The van der Waals surface area contributed by atoms with Crippen molar-refractivity contribution in [2.45, 2.75) is 6.04 Å². The van der Waals surface area contributed by atoms with Gasteiger partial charge in [0.1, 0.15) is 5.52 Å². The summed E-state index contributed by atoms with van der Waals surface area (Å²) in [6.07, 6.45) is 0. The third-order valence-corrected chi connectivity index (χ3v) is 6.46. The molecule has 0 radical (unpaired) electrons. The molecule has 35 heavy (non-hydrogen) atoms. The van der Waals surface area contributed by atoms with Crippen LogP contribution in [0.1, 0.15) is 17.2 Å². The first-order chi connectivity index (χ1) is 17.0. The second-order valence-electron chi connectivity index (χ2n) is 8.12. The molecule has 0 saturated carbocycles. The molecule has 1 unspecified atom stereocenters. The van der Waals surface area contributed by atoms with Gasteiger partial charge in [-0.05, 0) is 35.4 Å². The van der Waals surface area contributed by atoms with Crippen molar-refractivity contribution in [1.82, 2.24) is 14.5 Å². The summed E-state index contributed by atoms with van der Waals surface area (Å²) in [5.74, 6) is 0.760. The second-order valence-corrected chi connectivity index (χ2v) is 9.04. The molecule has 0 amide bonds. The van der Waals surface area contributed by atoms with Crippen LogP contribution in [0.2, 0.25) is 0 Å². The van der Waals surface area contributed by atoms with Crippen LogP contribution in [-0.4, -0.2) is 28.7 Å². The van der Waals surface area contributed by atoms with Gasteiger partial charge in [0.05, 0.1) is 13.2 Å². The zero-order chi connectivity index (χ0) is 24.5. The van der Waals surface area contributed by atoms with E-state index in [-0.39, 0.29) is 28.9 Å². The highest BCUT2D eigenvalue weighted by atomic mass is 79.9. The summed E-state index contributed by atoms with van der Waals surface area (Å²) in [4.78, 5) is 24.8. The molecule has 0 N–H and O–H groups in total. The van der Waals surface area contributed by atoms with Gasteiger partial charge in [-0.3, -0.25) is 9.36 Å². The Morgan fingerprint density at radius 2 is 1.60 bits per heavy atom. The summed E-state index contributed by atoms with van der Waals surface area (Å²) in [6, 6.07) is 25.4. The first-order valence-electron chi connectivity index (χ1n) is 11.0. The highest BCUT2D eigenvalue weighted by molar-refractivity contribution is 9.10. The lowest BCUT2D eigenvalue weighted by molar-refractivity contribution is 0.401. The molecule has 0 aliphatic rings. The molecule has 176 valence electrons. The summed E-state index contributed by atoms with van der Waals surface area (Å²) < 4.78 is 13.9. The number of methoxy groups -OCH3 is 1. The van der Waals surface area contributed by atoms with E-state index in [0.29, 0.717) is 17.0 Å².